The van der Waals surface area contributed by atoms with Gasteiger partial charge >= 0.3 is 0 Å². The van der Waals surface area contributed by atoms with Gasteiger partial charge in [-0.25, -0.2) is 8.42 Å². The van der Waals surface area contributed by atoms with Crippen LogP contribution in [0.15, 0.2) is 54.6 Å². The van der Waals surface area contributed by atoms with Crippen LogP contribution in [0, 0.1) is 11.8 Å². The molecule has 3 rings (SSSR count). The Bertz CT molecular complexity index is 836. The van der Waals surface area contributed by atoms with E-state index in [9.17, 15) is 8.42 Å². The van der Waals surface area contributed by atoms with Crippen molar-refractivity contribution in [3.8, 4) is 0 Å². The molecule has 0 saturated carbocycles. The first-order chi connectivity index (χ1) is 12.9. The van der Waals surface area contributed by atoms with Gasteiger partial charge in [0.15, 0.2) is 0 Å². The van der Waals surface area contributed by atoms with Crippen molar-refractivity contribution in [2.75, 3.05) is 30.6 Å². The molecule has 5 heteroatoms. The number of benzene rings is 2. The zero-order valence-electron chi connectivity index (χ0n) is 16.3. The predicted molar refractivity (Wildman–Crippen MR) is 112 cm³/mol. The molecule has 1 N–H and O–H groups in total. The van der Waals surface area contributed by atoms with Gasteiger partial charge in [0.2, 0.25) is 10.0 Å². The van der Waals surface area contributed by atoms with E-state index in [2.05, 4.69) is 52.9 Å². The number of sulfonamides is 1. The molecule has 2 unspecified atom stereocenters. The van der Waals surface area contributed by atoms with Crippen molar-refractivity contribution in [3.63, 3.8) is 0 Å². The molecule has 0 amide bonds. The molecular weight excluding hydrogens is 356 g/mol. The lowest BCUT2D eigenvalue weighted by atomic mass is 9.88. The monoisotopic (exact) mass is 386 g/mol. The first-order valence-electron chi connectivity index (χ1n) is 9.76. The Balaban J connectivity index is 1.60. The van der Waals surface area contributed by atoms with Crippen LogP contribution in [0.1, 0.15) is 24.5 Å². The van der Waals surface area contributed by atoms with Crippen LogP contribution in [0.4, 0.5) is 5.69 Å². The number of likely N-dealkylation sites (tertiary alicyclic amines) is 1. The van der Waals surface area contributed by atoms with Gasteiger partial charge in [-0.2, -0.15) is 0 Å². The second kappa shape index (κ2) is 8.89. The molecule has 4 nitrogen and oxygen atoms in total. The SMILES string of the molecule is CCC1CN(CCc2ccccc2)CC1Cc1cccc(NS(C)(=O)=O)c1. The molecule has 2 aromatic rings. The summed E-state index contributed by atoms with van der Waals surface area (Å²) in [6, 6.07) is 18.5. The van der Waals surface area contributed by atoms with E-state index in [-0.39, 0.29) is 0 Å². The smallest absolute Gasteiger partial charge is 0.229 e. The molecule has 1 fully saturated rings. The molecule has 1 saturated heterocycles. The van der Waals surface area contributed by atoms with Crippen molar-refractivity contribution in [2.24, 2.45) is 11.8 Å². The zero-order valence-corrected chi connectivity index (χ0v) is 17.1. The van der Waals surface area contributed by atoms with Gasteiger partial charge in [-0.1, -0.05) is 55.8 Å². The van der Waals surface area contributed by atoms with E-state index in [0.717, 1.165) is 32.5 Å². The topological polar surface area (TPSA) is 49.4 Å². The summed E-state index contributed by atoms with van der Waals surface area (Å²) in [6.45, 7) is 5.66. The first kappa shape index (κ1) is 19.9. The standard InChI is InChI=1S/C22H30N2O2S/c1-3-20-16-24(13-12-18-8-5-4-6-9-18)17-21(20)14-19-10-7-11-22(15-19)23-27(2,25)26/h4-11,15,20-21,23H,3,12-14,16-17H2,1-2H3. The number of hydrogen-bond donors (Lipinski definition) is 1. The lowest BCUT2D eigenvalue weighted by Gasteiger charge is -2.17. The predicted octanol–water partition coefficient (Wildman–Crippen LogP) is 3.80. The lowest BCUT2D eigenvalue weighted by molar-refractivity contribution is 0.324. The minimum Gasteiger partial charge on any atom is -0.302 e. The fourth-order valence-electron chi connectivity index (χ4n) is 4.12. The zero-order chi connectivity index (χ0) is 19.3. The third-order valence-corrected chi connectivity index (χ3v) is 6.07. The number of hydrogen-bond acceptors (Lipinski definition) is 3. The second-order valence-corrected chi connectivity index (χ2v) is 9.45. The second-order valence-electron chi connectivity index (χ2n) is 7.70. The molecule has 1 aliphatic heterocycles. The lowest BCUT2D eigenvalue weighted by Crippen LogP contribution is -2.24. The van der Waals surface area contributed by atoms with Gasteiger partial charge in [-0.3, -0.25) is 4.72 Å². The minimum atomic E-state index is -3.24. The van der Waals surface area contributed by atoms with E-state index < -0.39 is 10.0 Å². The quantitative estimate of drug-likeness (QED) is 0.751. The maximum atomic E-state index is 11.5. The molecule has 0 spiro atoms. The van der Waals surface area contributed by atoms with Gasteiger partial charge in [0.25, 0.3) is 0 Å². The van der Waals surface area contributed by atoms with Gasteiger partial charge in [-0.05, 0) is 47.9 Å². The molecule has 0 aromatic heterocycles. The van der Waals surface area contributed by atoms with Crippen LogP contribution < -0.4 is 4.72 Å². The maximum Gasteiger partial charge on any atom is 0.229 e. The van der Waals surface area contributed by atoms with E-state index in [4.69, 9.17) is 0 Å². The summed E-state index contributed by atoms with van der Waals surface area (Å²) in [7, 11) is -3.24. The fourth-order valence-corrected chi connectivity index (χ4v) is 4.68. The van der Waals surface area contributed by atoms with Crippen LogP contribution in [0.2, 0.25) is 0 Å². The summed E-state index contributed by atoms with van der Waals surface area (Å²) in [5, 5.41) is 0. The number of anilines is 1. The van der Waals surface area contributed by atoms with Crippen LogP contribution in [0.5, 0.6) is 0 Å². The Morgan fingerprint density at radius 1 is 1.00 bits per heavy atom. The molecule has 1 aliphatic rings. The third-order valence-electron chi connectivity index (χ3n) is 5.46. The molecule has 146 valence electrons. The first-order valence-corrected chi connectivity index (χ1v) is 11.6. The Kier molecular flexibility index (Phi) is 6.55. The Hall–Kier alpha value is -1.85. The minimum absolute atomic E-state index is 0.624. The highest BCUT2D eigenvalue weighted by atomic mass is 32.2. The Morgan fingerprint density at radius 3 is 2.41 bits per heavy atom. The van der Waals surface area contributed by atoms with Crippen LogP contribution in [0.3, 0.4) is 0 Å². The van der Waals surface area contributed by atoms with Crippen molar-refractivity contribution in [3.05, 3.63) is 65.7 Å². The molecule has 0 aliphatic carbocycles. The van der Waals surface area contributed by atoms with Crippen molar-refractivity contribution >= 4 is 15.7 Å². The fraction of sp³-hybridized carbons (Fsp3) is 0.455. The number of nitrogens with zero attached hydrogens (tertiary/aromatic N) is 1. The van der Waals surface area contributed by atoms with E-state index in [1.165, 1.54) is 23.8 Å². The van der Waals surface area contributed by atoms with Crippen LogP contribution in [-0.4, -0.2) is 39.2 Å². The van der Waals surface area contributed by atoms with E-state index in [1.807, 2.05) is 18.2 Å². The summed E-state index contributed by atoms with van der Waals surface area (Å²) >= 11 is 0. The van der Waals surface area contributed by atoms with Crippen molar-refractivity contribution < 1.29 is 8.42 Å². The average Bonchev–Trinajstić information content (AvgIpc) is 3.01. The summed E-state index contributed by atoms with van der Waals surface area (Å²) in [4.78, 5) is 2.59. The van der Waals surface area contributed by atoms with Gasteiger partial charge in [-0.15, -0.1) is 0 Å². The van der Waals surface area contributed by atoms with Gasteiger partial charge in [0.1, 0.15) is 0 Å². The van der Waals surface area contributed by atoms with E-state index in [1.54, 1.807) is 0 Å². The van der Waals surface area contributed by atoms with Gasteiger partial charge < -0.3 is 4.90 Å². The summed E-state index contributed by atoms with van der Waals surface area (Å²) < 4.78 is 25.5. The Labute approximate surface area is 163 Å². The highest BCUT2D eigenvalue weighted by molar-refractivity contribution is 7.92. The molecule has 2 atom stereocenters. The van der Waals surface area contributed by atoms with Crippen LogP contribution in [-0.2, 0) is 22.9 Å². The normalized spacial score (nSPS) is 20.7. The van der Waals surface area contributed by atoms with Crippen molar-refractivity contribution in [1.82, 2.24) is 4.90 Å². The molecule has 2 aromatic carbocycles. The van der Waals surface area contributed by atoms with Gasteiger partial charge in [0, 0.05) is 25.3 Å². The van der Waals surface area contributed by atoms with E-state index in [0.29, 0.717) is 17.5 Å². The summed E-state index contributed by atoms with van der Waals surface area (Å²) in [5.41, 5.74) is 3.26. The van der Waals surface area contributed by atoms with Gasteiger partial charge in [0.05, 0.1) is 6.26 Å². The summed E-state index contributed by atoms with van der Waals surface area (Å²) in [5.74, 6) is 1.33. The highest BCUT2D eigenvalue weighted by Gasteiger charge is 2.31. The number of rotatable bonds is 8. The van der Waals surface area contributed by atoms with Crippen LogP contribution in [0.25, 0.3) is 0 Å². The van der Waals surface area contributed by atoms with E-state index >= 15 is 0 Å². The Morgan fingerprint density at radius 2 is 1.70 bits per heavy atom. The molecule has 1 heterocycles. The largest absolute Gasteiger partial charge is 0.302 e. The highest BCUT2D eigenvalue weighted by Crippen LogP contribution is 2.30. The van der Waals surface area contributed by atoms with Crippen molar-refractivity contribution in [1.29, 1.82) is 0 Å². The molecule has 27 heavy (non-hydrogen) atoms. The number of nitrogens with one attached hydrogen (secondary N) is 1. The molecule has 0 radical (unpaired) electrons. The van der Waals surface area contributed by atoms with Crippen LogP contribution >= 0.6 is 0 Å². The third kappa shape index (κ3) is 6.08. The maximum absolute atomic E-state index is 11.5. The molecule has 0 bridgehead atoms. The van der Waals surface area contributed by atoms with Crippen molar-refractivity contribution in [2.45, 2.75) is 26.2 Å². The molecular formula is C22H30N2O2S. The average molecular weight is 387 g/mol. The summed E-state index contributed by atoms with van der Waals surface area (Å²) in [6.07, 6.45) is 4.47.